The molecule has 0 saturated carbocycles. The number of aryl methyl sites for hydroxylation is 3. The summed E-state index contributed by atoms with van der Waals surface area (Å²) in [4.78, 5) is 4.72. The largest absolute Gasteiger partial charge is 0.438 e. The van der Waals surface area contributed by atoms with Gasteiger partial charge in [0, 0.05) is 28.0 Å². The number of aromatic nitrogens is 1. The average molecular weight is 375 g/mol. The summed E-state index contributed by atoms with van der Waals surface area (Å²) >= 11 is 6.16. The summed E-state index contributed by atoms with van der Waals surface area (Å²) in [6.45, 7) is 12.7. The molecule has 0 aliphatic rings. The number of hydrogen-bond acceptors (Lipinski definition) is 3. The van der Waals surface area contributed by atoms with Gasteiger partial charge in [-0.1, -0.05) is 38.8 Å². The van der Waals surface area contributed by atoms with E-state index in [1.807, 2.05) is 32.9 Å². The SMILES string of the molecule is CCCc1c(NC(CC)CC)cc(C)nc1Oc1c(C)cc(Cl)cc1C. The second-order valence-corrected chi connectivity index (χ2v) is 7.41. The number of ether oxygens (including phenoxy) is 1. The van der Waals surface area contributed by atoms with E-state index in [9.17, 15) is 0 Å². The highest BCUT2D eigenvalue weighted by atomic mass is 35.5. The highest BCUT2D eigenvalue weighted by Crippen LogP contribution is 2.35. The monoisotopic (exact) mass is 374 g/mol. The van der Waals surface area contributed by atoms with E-state index in [-0.39, 0.29) is 0 Å². The van der Waals surface area contributed by atoms with E-state index in [0.29, 0.717) is 11.9 Å². The van der Waals surface area contributed by atoms with E-state index >= 15 is 0 Å². The predicted octanol–water partition coefficient (Wildman–Crippen LogP) is 7.01. The first-order valence-corrected chi connectivity index (χ1v) is 9.98. The summed E-state index contributed by atoms with van der Waals surface area (Å²) in [6, 6.07) is 6.46. The van der Waals surface area contributed by atoms with E-state index in [2.05, 4.69) is 32.2 Å². The minimum Gasteiger partial charge on any atom is -0.438 e. The van der Waals surface area contributed by atoms with Gasteiger partial charge in [0.2, 0.25) is 5.88 Å². The molecule has 2 aromatic rings. The van der Waals surface area contributed by atoms with Crippen LogP contribution in [0.2, 0.25) is 5.02 Å². The molecule has 26 heavy (non-hydrogen) atoms. The molecule has 2 rings (SSSR count). The summed E-state index contributed by atoms with van der Waals surface area (Å²) in [7, 11) is 0. The fourth-order valence-corrected chi connectivity index (χ4v) is 3.57. The number of rotatable bonds is 8. The third-order valence-electron chi connectivity index (χ3n) is 4.68. The Morgan fingerprint density at radius 2 is 1.65 bits per heavy atom. The molecule has 1 aromatic carbocycles. The van der Waals surface area contributed by atoms with Crippen molar-refractivity contribution in [3.8, 4) is 11.6 Å². The van der Waals surface area contributed by atoms with Gasteiger partial charge in [-0.15, -0.1) is 0 Å². The van der Waals surface area contributed by atoms with Crippen LogP contribution in [0.5, 0.6) is 11.6 Å². The fourth-order valence-electron chi connectivity index (χ4n) is 3.24. The van der Waals surface area contributed by atoms with Crippen LogP contribution in [0.1, 0.15) is 62.4 Å². The number of halogens is 1. The van der Waals surface area contributed by atoms with Crippen molar-refractivity contribution in [2.45, 2.75) is 73.3 Å². The van der Waals surface area contributed by atoms with Gasteiger partial charge in [0.1, 0.15) is 5.75 Å². The minimum absolute atomic E-state index is 0.458. The van der Waals surface area contributed by atoms with Gasteiger partial charge < -0.3 is 10.1 Å². The third kappa shape index (κ3) is 4.91. The highest BCUT2D eigenvalue weighted by Gasteiger charge is 2.17. The number of nitrogens with one attached hydrogen (secondary N) is 1. The summed E-state index contributed by atoms with van der Waals surface area (Å²) in [5.41, 5.74) is 5.30. The maximum absolute atomic E-state index is 6.34. The molecule has 0 unspecified atom stereocenters. The van der Waals surface area contributed by atoms with Crippen LogP contribution in [-0.2, 0) is 6.42 Å². The Labute approximate surface area is 163 Å². The molecule has 0 fully saturated rings. The first kappa shape index (κ1) is 20.6. The Morgan fingerprint density at radius 1 is 1.04 bits per heavy atom. The minimum atomic E-state index is 0.458. The lowest BCUT2D eigenvalue weighted by Crippen LogP contribution is -2.18. The Bertz CT molecular complexity index is 731. The molecule has 0 spiro atoms. The van der Waals surface area contributed by atoms with E-state index in [0.717, 1.165) is 64.5 Å². The second-order valence-electron chi connectivity index (χ2n) is 6.97. The third-order valence-corrected chi connectivity index (χ3v) is 4.90. The molecule has 0 atom stereocenters. The zero-order valence-corrected chi connectivity index (χ0v) is 17.6. The molecule has 1 aromatic heterocycles. The van der Waals surface area contributed by atoms with Crippen molar-refractivity contribution >= 4 is 17.3 Å². The first-order chi connectivity index (χ1) is 12.4. The van der Waals surface area contributed by atoms with Crippen LogP contribution in [-0.4, -0.2) is 11.0 Å². The lowest BCUT2D eigenvalue weighted by atomic mass is 10.1. The number of benzene rings is 1. The molecule has 1 N–H and O–H groups in total. The number of hydrogen-bond donors (Lipinski definition) is 1. The number of pyridine rings is 1. The Hall–Kier alpha value is -1.74. The summed E-state index contributed by atoms with van der Waals surface area (Å²) < 4.78 is 6.34. The average Bonchev–Trinajstić information content (AvgIpc) is 2.58. The lowest BCUT2D eigenvalue weighted by Gasteiger charge is -2.22. The molecule has 0 saturated heterocycles. The van der Waals surface area contributed by atoms with Crippen LogP contribution >= 0.6 is 11.6 Å². The molecule has 1 heterocycles. The van der Waals surface area contributed by atoms with Gasteiger partial charge >= 0.3 is 0 Å². The van der Waals surface area contributed by atoms with Crippen LogP contribution in [0.15, 0.2) is 18.2 Å². The fraction of sp³-hybridized carbons (Fsp3) is 0.500. The zero-order chi connectivity index (χ0) is 19.3. The van der Waals surface area contributed by atoms with Crippen molar-refractivity contribution < 1.29 is 4.74 Å². The summed E-state index contributed by atoms with van der Waals surface area (Å²) in [6.07, 6.45) is 4.15. The second kappa shape index (κ2) is 9.27. The van der Waals surface area contributed by atoms with Crippen LogP contribution in [0.25, 0.3) is 0 Å². The van der Waals surface area contributed by atoms with Crippen molar-refractivity contribution in [2.24, 2.45) is 0 Å². The van der Waals surface area contributed by atoms with Crippen molar-refractivity contribution in [2.75, 3.05) is 5.32 Å². The van der Waals surface area contributed by atoms with E-state index < -0.39 is 0 Å². The van der Waals surface area contributed by atoms with E-state index in [1.54, 1.807) is 0 Å². The highest BCUT2D eigenvalue weighted by molar-refractivity contribution is 6.30. The van der Waals surface area contributed by atoms with Gasteiger partial charge in [-0.3, -0.25) is 0 Å². The van der Waals surface area contributed by atoms with Crippen LogP contribution in [0, 0.1) is 20.8 Å². The van der Waals surface area contributed by atoms with Crippen molar-refractivity contribution in [1.29, 1.82) is 0 Å². The molecular weight excluding hydrogens is 344 g/mol. The summed E-state index contributed by atoms with van der Waals surface area (Å²) in [5.74, 6) is 1.55. The van der Waals surface area contributed by atoms with Gasteiger partial charge in [-0.25, -0.2) is 4.98 Å². The van der Waals surface area contributed by atoms with Crippen molar-refractivity contribution in [3.63, 3.8) is 0 Å². The quantitative estimate of drug-likeness (QED) is 0.539. The first-order valence-electron chi connectivity index (χ1n) is 9.61. The van der Waals surface area contributed by atoms with E-state index in [1.165, 1.54) is 0 Å². The molecule has 4 heteroatoms. The topological polar surface area (TPSA) is 34.2 Å². The van der Waals surface area contributed by atoms with Crippen molar-refractivity contribution in [1.82, 2.24) is 4.98 Å². The Kier molecular flexibility index (Phi) is 7.33. The normalized spacial score (nSPS) is 11.1. The molecule has 0 amide bonds. The Balaban J connectivity index is 2.49. The molecule has 3 nitrogen and oxygen atoms in total. The lowest BCUT2D eigenvalue weighted by molar-refractivity contribution is 0.448. The molecule has 0 aliphatic carbocycles. The van der Waals surface area contributed by atoms with Gasteiger partial charge in [-0.05, 0) is 69.4 Å². The van der Waals surface area contributed by atoms with Crippen LogP contribution in [0.4, 0.5) is 5.69 Å². The molecule has 0 aliphatic heterocycles. The van der Waals surface area contributed by atoms with E-state index in [4.69, 9.17) is 21.3 Å². The van der Waals surface area contributed by atoms with Crippen molar-refractivity contribution in [3.05, 3.63) is 45.6 Å². The zero-order valence-electron chi connectivity index (χ0n) is 16.9. The van der Waals surface area contributed by atoms with Gasteiger partial charge in [0.25, 0.3) is 0 Å². The van der Waals surface area contributed by atoms with Crippen LogP contribution < -0.4 is 10.1 Å². The maximum atomic E-state index is 6.34. The molecule has 0 radical (unpaired) electrons. The number of anilines is 1. The Morgan fingerprint density at radius 3 is 2.19 bits per heavy atom. The summed E-state index contributed by atoms with van der Waals surface area (Å²) in [5, 5.41) is 4.43. The smallest absolute Gasteiger partial charge is 0.224 e. The molecular formula is C22H31ClN2O. The maximum Gasteiger partial charge on any atom is 0.224 e. The molecule has 0 bridgehead atoms. The van der Waals surface area contributed by atoms with Gasteiger partial charge in [-0.2, -0.15) is 0 Å². The van der Waals surface area contributed by atoms with Gasteiger partial charge in [0.05, 0.1) is 0 Å². The molecule has 142 valence electrons. The standard InChI is InChI=1S/C22H31ClN2O/c1-7-10-19-20(25-18(8-2)9-3)13-16(6)24-22(19)26-21-14(4)11-17(23)12-15(21)5/h11-13,18H,7-10H2,1-6H3,(H,24,25). The van der Waals surface area contributed by atoms with Gasteiger partial charge in [0.15, 0.2) is 0 Å². The van der Waals surface area contributed by atoms with Crippen LogP contribution in [0.3, 0.4) is 0 Å². The number of nitrogens with zero attached hydrogens (tertiary/aromatic N) is 1. The predicted molar refractivity (Wildman–Crippen MR) is 112 cm³/mol.